The lowest BCUT2D eigenvalue weighted by Crippen LogP contribution is -2.45. The average Bonchev–Trinajstić information content (AvgIpc) is 2.29. The van der Waals surface area contributed by atoms with Gasteiger partial charge in [-0.2, -0.15) is 0 Å². The molecule has 3 nitrogen and oxygen atoms in total. The van der Waals surface area contributed by atoms with E-state index in [-0.39, 0.29) is 11.9 Å². The molecule has 0 aromatic rings. The molecule has 0 spiro atoms. The Morgan fingerprint density at radius 2 is 2.27 bits per heavy atom. The summed E-state index contributed by atoms with van der Waals surface area (Å²) in [4.78, 5) is 11.6. The van der Waals surface area contributed by atoms with E-state index in [2.05, 4.69) is 5.32 Å². The molecule has 1 aliphatic heterocycles. The molecule has 0 amide bonds. The molecular formula is C12H21NO2. The molecule has 0 aromatic carbocycles. The molecule has 1 saturated heterocycles. The van der Waals surface area contributed by atoms with Crippen molar-refractivity contribution in [2.24, 2.45) is 11.8 Å². The Morgan fingerprint density at radius 1 is 1.40 bits per heavy atom. The van der Waals surface area contributed by atoms with Gasteiger partial charge in [0, 0.05) is 6.04 Å². The molecule has 1 N–H and O–H groups in total. The Bertz CT molecular complexity index is 230. The number of hydrogen-bond donors (Lipinski definition) is 1. The van der Waals surface area contributed by atoms with Crippen LogP contribution in [-0.4, -0.2) is 25.2 Å². The van der Waals surface area contributed by atoms with Crippen LogP contribution in [0.4, 0.5) is 0 Å². The fourth-order valence-corrected chi connectivity index (χ4v) is 2.98. The first-order valence-electron chi connectivity index (χ1n) is 6.21. The number of piperidine rings is 1. The fourth-order valence-electron chi connectivity index (χ4n) is 2.98. The van der Waals surface area contributed by atoms with Gasteiger partial charge in [0.15, 0.2) is 0 Å². The van der Waals surface area contributed by atoms with Crippen molar-refractivity contribution in [3.05, 3.63) is 0 Å². The zero-order valence-corrected chi connectivity index (χ0v) is 9.50. The number of ether oxygens (including phenoxy) is 1. The van der Waals surface area contributed by atoms with Crippen molar-refractivity contribution in [1.82, 2.24) is 5.32 Å². The third-order valence-corrected chi connectivity index (χ3v) is 3.76. The van der Waals surface area contributed by atoms with Gasteiger partial charge in [0.2, 0.25) is 0 Å². The Morgan fingerprint density at radius 3 is 3.07 bits per heavy atom. The minimum absolute atomic E-state index is 0.0292. The van der Waals surface area contributed by atoms with E-state index < -0.39 is 0 Å². The second-order valence-corrected chi connectivity index (χ2v) is 4.72. The van der Waals surface area contributed by atoms with Gasteiger partial charge in [0.25, 0.3) is 0 Å². The van der Waals surface area contributed by atoms with Crippen LogP contribution < -0.4 is 5.32 Å². The molecule has 1 aliphatic carbocycles. The van der Waals surface area contributed by atoms with E-state index in [4.69, 9.17) is 4.74 Å². The summed E-state index contributed by atoms with van der Waals surface area (Å²) in [6.07, 6.45) is 5.74. The number of carbonyl (C=O) groups excluding carboxylic acids is 1. The Hall–Kier alpha value is -0.570. The van der Waals surface area contributed by atoms with Crippen LogP contribution >= 0.6 is 0 Å². The van der Waals surface area contributed by atoms with Gasteiger partial charge in [-0.1, -0.05) is 0 Å². The molecule has 86 valence electrons. The van der Waals surface area contributed by atoms with Gasteiger partial charge in [-0.15, -0.1) is 0 Å². The maximum Gasteiger partial charge on any atom is 0.308 e. The third kappa shape index (κ3) is 2.51. The van der Waals surface area contributed by atoms with Crippen molar-refractivity contribution in [3.8, 4) is 0 Å². The molecule has 2 rings (SSSR count). The molecule has 3 unspecified atom stereocenters. The highest BCUT2D eigenvalue weighted by Crippen LogP contribution is 2.34. The van der Waals surface area contributed by atoms with Crippen LogP contribution in [0.2, 0.25) is 0 Å². The van der Waals surface area contributed by atoms with Crippen LogP contribution in [0.1, 0.15) is 39.0 Å². The first-order chi connectivity index (χ1) is 7.31. The first kappa shape index (κ1) is 10.9. The van der Waals surface area contributed by atoms with Gasteiger partial charge >= 0.3 is 5.97 Å². The van der Waals surface area contributed by atoms with Crippen LogP contribution in [0.5, 0.6) is 0 Å². The van der Waals surface area contributed by atoms with E-state index in [1.807, 2.05) is 6.92 Å². The standard InChI is InChI=1S/C12H21NO2/c1-2-15-12(14)10-5-6-11-9(8-10)4-3-7-13-11/h9-11,13H,2-8H2,1H3. The largest absolute Gasteiger partial charge is 0.466 e. The summed E-state index contributed by atoms with van der Waals surface area (Å²) in [6, 6.07) is 0.671. The number of fused-ring (bicyclic) bond motifs is 1. The highest BCUT2D eigenvalue weighted by molar-refractivity contribution is 5.72. The monoisotopic (exact) mass is 211 g/mol. The normalized spacial score (nSPS) is 35.7. The predicted octanol–water partition coefficient (Wildman–Crippen LogP) is 1.72. The highest BCUT2D eigenvalue weighted by atomic mass is 16.5. The van der Waals surface area contributed by atoms with E-state index in [0.29, 0.717) is 18.6 Å². The summed E-state index contributed by atoms with van der Waals surface area (Å²) in [6.45, 7) is 3.55. The van der Waals surface area contributed by atoms with Crippen molar-refractivity contribution in [2.45, 2.75) is 45.1 Å². The Balaban J connectivity index is 1.87. The van der Waals surface area contributed by atoms with Crippen LogP contribution in [0, 0.1) is 11.8 Å². The SMILES string of the molecule is CCOC(=O)C1CCC2NCCCC2C1. The van der Waals surface area contributed by atoms with Crippen LogP contribution in [0.25, 0.3) is 0 Å². The van der Waals surface area contributed by atoms with Gasteiger partial charge in [0.1, 0.15) is 0 Å². The quantitative estimate of drug-likeness (QED) is 0.707. The Kier molecular flexibility index (Phi) is 3.62. The first-order valence-corrected chi connectivity index (χ1v) is 6.21. The molecule has 2 fully saturated rings. The van der Waals surface area contributed by atoms with E-state index in [1.165, 1.54) is 12.8 Å². The molecule has 0 bridgehead atoms. The van der Waals surface area contributed by atoms with Gasteiger partial charge in [0.05, 0.1) is 12.5 Å². The molecular weight excluding hydrogens is 190 g/mol. The summed E-state index contributed by atoms with van der Waals surface area (Å²) in [5.41, 5.74) is 0. The molecule has 1 saturated carbocycles. The predicted molar refractivity (Wildman–Crippen MR) is 58.5 cm³/mol. The van der Waals surface area contributed by atoms with E-state index in [9.17, 15) is 4.79 Å². The van der Waals surface area contributed by atoms with E-state index >= 15 is 0 Å². The topological polar surface area (TPSA) is 38.3 Å². The maximum atomic E-state index is 11.6. The summed E-state index contributed by atoms with van der Waals surface area (Å²) < 4.78 is 5.10. The summed E-state index contributed by atoms with van der Waals surface area (Å²) in [5, 5.41) is 3.56. The second-order valence-electron chi connectivity index (χ2n) is 4.72. The molecule has 2 aliphatic rings. The minimum Gasteiger partial charge on any atom is -0.466 e. The van der Waals surface area contributed by atoms with Crippen molar-refractivity contribution in [3.63, 3.8) is 0 Å². The molecule has 0 aromatic heterocycles. The minimum atomic E-state index is 0.0292. The van der Waals surface area contributed by atoms with E-state index in [0.717, 1.165) is 25.8 Å². The molecule has 15 heavy (non-hydrogen) atoms. The summed E-state index contributed by atoms with van der Waals surface area (Å²) in [5.74, 6) is 0.912. The lowest BCUT2D eigenvalue weighted by Gasteiger charge is -2.39. The van der Waals surface area contributed by atoms with Crippen molar-refractivity contribution >= 4 is 5.97 Å². The van der Waals surface area contributed by atoms with Crippen LogP contribution in [0.3, 0.4) is 0 Å². The molecule has 1 heterocycles. The lowest BCUT2D eigenvalue weighted by atomic mass is 9.74. The van der Waals surface area contributed by atoms with Gasteiger partial charge in [-0.05, 0) is 51.5 Å². The molecule has 3 atom stereocenters. The van der Waals surface area contributed by atoms with Crippen LogP contribution in [0.15, 0.2) is 0 Å². The molecule has 3 heteroatoms. The van der Waals surface area contributed by atoms with Gasteiger partial charge < -0.3 is 10.1 Å². The van der Waals surface area contributed by atoms with Crippen molar-refractivity contribution in [2.75, 3.05) is 13.2 Å². The second kappa shape index (κ2) is 4.97. The number of rotatable bonds is 2. The van der Waals surface area contributed by atoms with Crippen LogP contribution in [-0.2, 0) is 9.53 Å². The fraction of sp³-hybridized carbons (Fsp3) is 0.917. The van der Waals surface area contributed by atoms with Crippen molar-refractivity contribution < 1.29 is 9.53 Å². The maximum absolute atomic E-state index is 11.6. The highest BCUT2D eigenvalue weighted by Gasteiger charge is 2.35. The summed E-state index contributed by atoms with van der Waals surface area (Å²) >= 11 is 0. The average molecular weight is 211 g/mol. The number of nitrogens with one attached hydrogen (secondary N) is 1. The number of esters is 1. The third-order valence-electron chi connectivity index (χ3n) is 3.76. The number of carbonyl (C=O) groups is 1. The van der Waals surface area contributed by atoms with Gasteiger partial charge in [-0.3, -0.25) is 4.79 Å². The number of hydrogen-bond acceptors (Lipinski definition) is 3. The lowest BCUT2D eigenvalue weighted by molar-refractivity contribution is -0.150. The summed E-state index contributed by atoms with van der Waals surface area (Å²) in [7, 11) is 0. The molecule has 0 radical (unpaired) electrons. The smallest absolute Gasteiger partial charge is 0.308 e. The Labute approximate surface area is 91.6 Å². The van der Waals surface area contributed by atoms with Gasteiger partial charge in [-0.25, -0.2) is 0 Å². The van der Waals surface area contributed by atoms with E-state index in [1.54, 1.807) is 0 Å². The zero-order valence-electron chi connectivity index (χ0n) is 9.50. The van der Waals surface area contributed by atoms with Crippen molar-refractivity contribution in [1.29, 1.82) is 0 Å². The zero-order chi connectivity index (χ0) is 10.7.